The highest BCUT2D eigenvalue weighted by atomic mass is 79.9. The summed E-state index contributed by atoms with van der Waals surface area (Å²) in [7, 11) is 0. The lowest BCUT2D eigenvalue weighted by Gasteiger charge is -2.41. The van der Waals surface area contributed by atoms with Crippen LogP contribution in [0.1, 0.15) is 30.0 Å². The van der Waals surface area contributed by atoms with Gasteiger partial charge < -0.3 is 15.2 Å². The largest absolute Gasteiger partial charge is 0.507 e. The fourth-order valence-electron chi connectivity index (χ4n) is 3.68. The molecular weight excluding hydrogens is 344 g/mol. The Kier molecular flexibility index (Phi) is 5.39. The number of phenols is 1. The van der Waals surface area contributed by atoms with Crippen LogP contribution in [0, 0.1) is 12.8 Å². The molecule has 1 atom stereocenters. The van der Waals surface area contributed by atoms with Crippen molar-refractivity contribution in [2.24, 2.45) is 5.92 Å². The first kappa shape index (κ1) is 16.2. The molecule has 0 bridgehead atoms. The van der Waals surface area contributed by atoms with Gasteiger partial charge in [0.25, 0.3) is 0 Å². The smallest absolute Gasteiger partial charge is 0.124 e. The van der Waals surface area contributed by atoms with E-state index in [9.17, 15) is 5.11 Å². The highest BCUT2D eigenvalue weighted by molar-refractivity contribution is 9.10. The number of phenolic OH excluding ortho intramolecular Hbond substituents is 1. The van der Waals surface area contributed by atoms with Crippen molar-refractivity contribution in [3.8, 4) is 5.75 Å². The topological polar surface area (TPSA) is 44.7 Å². The van der Waals surface area contributed by atoms with E-state index in [0.29, 0.717) is 11.7 Å². The number of hydrogen-bond donors (Lipinski definition) is 2. The van der Waals surface area contributed by atoms with Crippen molar-refractivity contribution in [1.29, 1.82) is 0 Å². The fraction of sp³-hybridized carbons (Fsp3) is 0.647. The molecule has 2 saturated heterocycles. The summed E-state index contributed by atoms with van der Waals surface area (Å²) in [6, 6.07) is 4.31. The lowest BCUT2D eigenvalue weighted by molar-refractivity contribution is 0.0204. The Bertz CT molecular complexity index is 494. The first-order valence-electron chi connectivity index (χ1n) is 8.19. The summed E-state index contributed by atoms with van der Waals surface area (Å²) in [5.74, 6) is 0.986. The van der Waals surface area contributed by atoms with Gasteiger partial charge in [-0.25, -0.2) is 0 Å². The van der Waals surface area contributed by atoms with Gasteiger partial charge in [0, 0.05) is 55.5 Å². The second-order valence-corrected chi connectivity index (χ2v) is 7.16. The zero-order valence-corrected chi connectivity index (χ0v) is 14.7. The second kappa shape index (κ2) is 7.30. The highest BCUT2D eigenvalue weighted by Gasteiger charge is 2.34. The lowest BCUT2D eigenvalue weighted by atomic mass is 9.84. The van der Waals surface area contributed by atoms with Crippen LogP contribution in [0.3, 0.4) is 0 Å². The van der Waals surface area contributed by atoms with Crippen LogP contribution in [0.4, 0.5) is 0 Å². The maximum absolute atomic E-state index is 10.7. The number of halogens is 1. The monoisotopic (exact) mass is 368 g/mol. The normalized spacial score (nSPS) is 22.6. The molecule has 0 radical (unpaired) electrons. The van der Waals surface area contributed by atoms with Gasteiger partial charge in [-0.15, -0.1) is 0 Å². The number of ether oxygens (including phenoxy) is 1. The van der Waals surface area contributed by atoms with Gasteiger partial charge in [0.2, 0.25) is 0 Å². The van der Waals surface area contributed by atoms with E-state index in [4.69, 9.17) is 4.74 Å². The van der Waals surface area contributed by atoms with Crippen LogP contribution in [0.5, 0.6) is 5.75 Å². The van der Waals surface area contributed by atoms with Gasteiger partial charge in [0.1, 0.15) is 5.75 Å². The molecule has 2 heterocycles. The molecule has 2 N–H and O–H groups in total. The highest BCUT2D eigenvalue weighted by Crippen LogP contribution is 2.43. The number of aromatic hydroxyl groups is 1. The Labute approximate surface area is 141 Å². The summed E-state index contributed by atoms with van der Waals surface area (Å²) in [6.07, 6.45) is 2.13. The van der Waals surface area contributed by atoms with Gasteiger partial charge in [0.05, 0.1) is 0 Å². The van der Waals surface area contributed by atoms with Crippen LogP contribution in [-0.2, 0) is 4.74 Å². The average molecular weight is 369 g/mol. The Morgan fingerprint density at radius 2 is 1.95 bits per heavy atom. The van der Waals surface area contributed by atoms with Gasteiger partial charge in [-0.1, -0.05) is 22.0 Å². The van der Waals surface area contributed by atoms with E-state index in [0.717, 1.165) is 67.8 Å². The van der Waals surface area contributed by atoms with Crippen LogP contribution in [0.15, 0.2) is 16.6 Å². The van der Waals surface area contributed by atoms with Crippen molar-refractivity contribution >= 4 is 15.9 Å². The number of rotatable bonds is 3. The van der Waals surface area contributed by atoms with E-state index in [1.807, 2.05) is 13.0 Å². The molecule has 0 amide bonds. The van der Waals surface area contributed by atoms with Gasteiger partial charge in [0.15, 0.2) is 0 Å². The van der Waals surface area contributed by atoms with Gasteiger partial charge >= 0.3 is 0 Å². The number of nitrogens with one attached hydrogen (secondary N) is 1. The summed E-state index contributed by atoms with van der Waals surface area (Å²) in [5, 5.41) is 14.1. The van der Waals surface area contributed by atoms with E-state index >= 15 is 0 Å². The average Bonchev–Trinajstić information content (AvgIpc) is 2.57. The van der Waals surface area contributed by atoms with Gasteiger partial charge in [-0.05, 0) is 37.3 Å². The maximum Gasteiger partial charge on any atom is 0.124 e. The minimum atomic E-state index is 0.264. The van der Waals surface area contributed by atoms with Crippen LogP contribution in [0.25, 0.3) is 0 Å². The fourth-order valence-corrected chi connectivity index (χ4v) is 4.24. The molecule has 2 aliphatic heterocycles. The molecule has 0 unspecified atom stereocenters. The van der Waals surface area contributed by atoms with Crippen molar-refractivity contribution < 1.29 is 9.84 Å². The van der Waals surface area contributed by atoms with Crippen molar-refractivity contribution in [3.63, 3.8) is 0 Å². The first-order valence-corrected chi connectivity index (χ1v) is 8.98. The second-order valence-electron chi connectivity index (χ2n) is 6.31. The maximum atomic E-state index is 10.7. The molecule has 122 valence electrons. The molecule has 2 aliphatic rings. The summed E-state index contributed by atoms with van der Waals surface area (Å²) in [6.45, 7) is 7.73. The molecule has 3 rings (SSSR count). The van der Waals surface area contributed by atoms with E-state index in [1.165, 1.54) is 0 Å². The van der Waals surface area contributed by atoms with Gasteiger partial charge in [-0.3, -0.25) is 4.90 Å². The van der Waals surface area contributed by atoms with E-state index in [-0.39, 0.29) is 6.04 Å². The van der Waals surface area contributed by atoms with Crippen molar-refractivity contribution in [3.05, 3.63) is 27.7 Å². The molecule has 22 heavy (non-hydrogen) atoms. The Morgan fingerprint density at radius 1 is 1.27 bits per heavy atom. The number of hydrogen-bond acceptors (Lipinski definition) is 4. The molecule has 2 fully saturated rings. The molecule has 0 saturated carbocycles. The minimum absolute atomic E-state index is 0.264. The van der Waals surface area contributed by atoms with Gasteiger partial charge in [-0.2, -0.15) is 0 Å². The van der Waals surface area contributed by atoms with Crippen LogP contribution in [0.2, 0.25) is 0 Å². The van der Waals surface area contributed by atoms with E-state index in [1.54, 1.807) is 0 Å². The third kappa shape index (κ3) is 3.32. The summed E-state index contributed by atoms with van der Waals surface area (Å²) < 4.78 is 6.57. The van der Waals surface area contributed by atoms with Crippen LogP contribution >= 0.6 is 15.9 Å². The summed E-state index contributed by atoms with van der Waals surface area (Å²) in [5.41, 5.74) is 2.01. The summed E-state index contributed by atoms with van der Waals surface area (Å²) >= 11 is 3.68. The van der Waals surface area contributed by atoms with Crippen molar-refractivity contribution in [2.75, 3.05) is 39.4 Å². The minimum Gasteiger partial charge on any atom is -0.507 e. The van der Waals surface area contributed by atoms with Crippen LogP contribution < -0.4 is 5.32 Å². The number of nitrogens with zero attached hydrogens (tertiary/aromatic N) is 1. The van der Waals surface area contributed by atoms with E-state index < -0.39 is 0 Å². The number of piperazine rings is 1. The predicted octanol–water partition coefficient (Wildman–Crippen LogP) is 2.84. The lowest BCUT2D eigenvalue weighted by Crippen LogP contribution is -2.47. The predicted molar refractivity (Wildman–Crippen MR) is 91.3 cm³/mol. The zero-order chi connectivity index (χ0) is 15.5. The Morgan fingerprint density at radius 3 is 2.64 bits per heavy atom. The molecule has 0 spiro atoms. The van der Waals surface area contributed by atoms with Crippen molar-refractivity contribution in [2.45, 2.75) is 25.8 Å². The molecule has 0 aromatic heterocycles. The molecular formula is C17H25BrN2O2. The quantitative estimate of drug-likeness (QED) is 0.860. The van der Waals surface area contributed by atoms with Crippen LogP contribution in [-0.4, -0.2) is 49.4 Å². The standard InChI is InChI=1S/C17H25BrN2O2/c1-12-2-3-14(18)15(17(12)21)16(13-4-10-22-11-5-13)20-8-6-19-7-9-20/h2-3,13,16,19,21H,4-11H2,1H3/t16-/m0/s1. The third-order valence-electron chi connectivity index (χ3n) is 4.92. The third-order valence-corrected chi connectivity index (χ3v) is 5.61. The zero-order valence-electron chi connectivity index (χ0n) is 13.1. The summed E-state index contributed by atoms with van der Waals surface area (Å²) in [4.78, 5) is 2.53. The number of aryl methyl sites for hydroxylation is 1. The molecule has 4 nitrogen and oxygen atoms in total. The SMILES string of the molecule is Cc1ccc(Br)c([C@H](C2CCOCC2)N2CCNCC2)c1O. The van der Waals surface area contributed by atoms with E-state index in [2.05, 4.69) is 32.2 Å². The molecule has 1 aromatic carbocycles. The molecule has 1 aromatic rings. The van der Waals surface area contributed by atoms with Crippen molar-refractivity contribution in [1.82, 2.24) is 10.2 Å². The Balaban J connectivity index is 1.98. The Hall–Kier alpha value is -0.620. The first-order chi connectivity index (χ1) is 10.7. The molecule has 5 heteroatoms. The number of benzene rings is 1. The molecule has 0 aliphatic carbocycles.